The highest BCUT2D eigenvalue weighted by Crippen LogP contribution is 2.30. The van der Waals surface area contributed by atoms with Gasteiger partial charge >= 0.3 is 0 Å². The topological polar surface area (TPSA) is 3.24 Å². The van der Waals surface area contributed by atoms with Gasteiger partial charge in [0.15, 0.2) is 0 Å². The van der Waals surface area contributed by atoms with Gasteiger partial charge in [-0.2, -0.15) is 0 Å². The van der Waals surface area contributed by atoms with Crippen molar-refractivity contribution in [2.24, 2.45) is 0 Å². The van der Waals surface area contributed by atoms with E-state index < -0.39 is 0 Å². The summed E-state index contributed by atoms with van der Waals surface area (Å²) in [5, 5.41) is 0.663. The summed E-state index contributed by atoms with van der Waals surface area (Å²) >= 11 is 5.30. The lowest BCUT2D eigenvalue weighted by Gasteiger charge is -2.17. The first-order valence-electron chi connectivity index (χ1n) is 4.32. The molecule has 1 aliphatic rings. The zero-order chi connectivity index (χ0) is 8.97. The molecule has 70 valence electrons. The average molecular weight is 221 g/mol. The standard InChI is InChI=1S/C8H15NS3/c1-7(2)11-12-8(10)9-5-3-4-6-9/h7H,3-6H2,1-2H3. The minimum absolute atomic E-state index is 0.663. The maximum Gasteiger partial charge on any atom is 0.147 e. The Bertz CT molecular complexity index is 152. The summed E-state index contributed by atoms with van der Waals surface area (Å²) < 4.78 is 1.08. The van der Waals surface area contributed by atoms with Crippen molar-refractivity contribution in [1.82, 2.24) is 4.90 Å². The van der Waals surface area contributed by atoms with Gasteiger partial charge in [0.1, 0.15) is 4.32 Å². The zero-order valence-electron chi connectivity index (χ0n) is 7.58. The third kappa shape index (κ3) is 3.54. The molecule has 0 atom stereocenters. The predicted molar refractivity (Wildman–Crippen MR) is 63.7 cm³/mol. The van der Waals surface area contributed by atoms with Crippen LogP contribution in [0.2, 0.25) is 0 Å². The van der Waals surface area contributed by atoms with Crippen LogP contribution >= 0.6 is 33.8 Å². The van der Waals surface area contributed by atoms with Gasteiger partial charge in [-0.15, -0.1) is 0 Å². The molecule has 0 N–H and O–H groups in total. The zero-order valence-corrected chi connectivity index (χ0v) is 10.0. The monoisotopic (exact) mass is 221 g/mol. The molecule has 12 heavy (non-hydrogen) atoms. The van der Waals surface area contributed by atoms with E-state index in [1.54, 1.807) is 10.8 Å². The van der Waals surface area contributed by atoms with E-state index >= 15 is 0 Å². The van der Waals surface area contributed by atoms with Crippen LogP contribution in [0.15, 0.2) is 0 Å². The normalized spacial score (nSPS) is 17.4. The molecule has 0 saturated carbocycles. The summed E-state index contributed by atoms with van der Waals surface area (Å²) in [6.45, 7) is 6.74. The highest BCUT2D eigenvalue weighted by atomic mass is 33.1. The summed E-state index contributed by atoms with van der Waals surface area (Å²) in [5.41, 5.74) is 0. The first-order chi connectivity index (χ1) is 5.70. The third-order valence-corrected chi connectivity index (χ3v) is 5.30. The van der Waals surface area contributed by atoms with Crippen LogP contribution in [0.4, 0.5) is 0 Å². The van der Waals surface area contributed by atoms with Crippen molar-refractivity contribution in [1.29, 1.82) is 0 Å². The van der Waals surface area contributed by atoms with E-state index in [0.717, 1.165) is 4.32 Å². The van der Waals surface area contributed by atoms with E-state index in [4.69, 9.17) is 12.2 Å². The van der Waals surface area contributed by atoms with E-state index in [1.807, 2.05) is 10.8 Å². The lowest BCUT2D eigenvalue weighted by molar-refractivity contribution is 0.539. The second-order valence-electron chi connectivity index (χ2n) is 3.19. The predicted octanol–water partition coefficient (Wildman–Crippen LogP) is 3.16. The van der Waals surface area contributed by atoms with Crippen LogP contribution in [0.1, 0.15) is 26.7 Å². The highest BCUT2D eigenvalue weighted by Gasteiger charge is 2.15. The summed E-state index contributed by atoms with van der Waals surface area (Å²) in [5.74, 6) is 0. The molecule has 0 aromatic carbocycles. The lowest BCUT2D eigenvalue weighted by Crippen LogP contribution is -2.22. The molecule has 0 aliphatic carbocycles. The Kier molecular flexibility index (Phi) is 4.75. The molecule has 0 spiro atoms. The second-order valence-corrected chi connectivity index (χ2v) is 6.60. The Morgan fingerprint density at radius 2 is 1.92 bits per heavy atom. The van der Waals surface area contributed by atoms with Crippen molar-refractivity contribution in [3.8, 4) is 0 Å². The summed E-state index contributed by atoms with van der Waals surface area (Å²) in [6, 6.07) is 0. The van der Waals surface area contributed by atoms with E-state index in [0.29, 0.717) is 5.25 Å². The number of nitrogens with zero attached hydrogens (tertiary/aromatic N) is 1. The summed E-state index contributed by atoms with van der Waals surface area (Å²) in [6.07, 6.45) is 2.63. The smallest absolute Gasteiger partial charge is 0.147 e. The molecule has 0 aromatic heterocycles. The molecule has 1 heterocycles. The van der Waals surface area contributed by atoms with E-state index in [1.165, 1.54) is 25.9 Å². The number of thiocarbonyl (C=S) groups is 1. The van der Waals surface area contributed by atoms with Gasteiger partial charge in [0.2, 0.25) is 0 Å². The fourth-order valence-electron chi connectivity index (χ4n) is 1.09. The number of likely N-dealkylation sites (tertiary alicyclic amines) is 1. The van der Waals surface area contributed by atoms with Crippen molar-refractivity contribution in [2.45, 2.75) is 31.9 Å². The highest BCUT2D eigenvalue weighted by molar-refractivity contribution is 8.83. The lowest BCUT2D eigenvalue weighted by atomic mass is 10.4. The van der Waals surface area contributed by atoms with E-state index in [-0.39, 0.29) is 0 Å². The van der Waals surface area contributed by atoms with Crippen molar-refractivity contribution >= 4 is 38.1 Å². The van der Waals surface area contributed by atoms with Crippen LogP contribution in [0.5, 0.6) is 0 Å². The van der Waals surface area contributed by atoms with Crippen LogP contribution < -0.4 is 0 Å². The number of hydrogen-bond donors (Lipinski definition) is 0. The third-order valence-electron chi connectivity index (χ3n) is 1.68. The molecule has 0 bridgehead atoms. The quantitative estimate of drug-likeness (QED) is 0.520. The maximum absolute atomic E-state index is 5.30. The maximum atomic E-state index is 5.30. The van der Waals surface area contributed by atoms with Gasteiger partial charge in [-0.1, -0.05) is 36.9 Å². The minimum atomic E-state index is 0.663. The van der Waals surface area contributed by atoms with Gasteiger partial charge < -0.3 is 4.90 Å². The van der Waals surface area contributed by atoms with Crippen LogP contribution in [0.3, 0.4) is 0 Å². The summed E-state index contributed by atoms with van der Waals surface area (Å²) in [7, 11) is 3.62. The number of hydrogen-bond acceptors (Lipinski definition) is 3. The minimum Gasteiger partial charge on any atom is -0.357 e. The van der Waals surface area contributed by atoms with E-state index in [9.17, 15) is 0 Å². The fraction of sp³-hybridized carbons (Fsp3) is 0.875. The molecule has 4 heteroatoms. The molecule has 1 aliphatic heterocycles. The molecular weight excluding hydrogens is 206 g/mol. The van der Waals surface area contributed by atoms with Crippen LogP contribution in [0, 0.1) is 0 Å². The van der Waals surface area contributed by atoms with Gasteiger partial charge in [-0.05, 0) is 23.6 Å². The van der Waals surface area contributed by atoms with Crippen molar-refractivity contribution in [3.05, 3.63) is 0 Å². The Hall–Kier alpha value is 0.590. The molecule has 0 radical (unpaired) electrons. The molecule has 1 nitrogen and oxygen atoms in total. The van der Waals surface area contributed by atoms with Gasteiger partial charge in [0.25, 0.3) is 0 Å². The Morgan fingerprint density at radius 3 is 2.42 bits per heavy atom. The second kappa shape index (κ2) is 5.35. The van der Waals surface area contributed by atoms with Gasteiger partial charge in [-0.3, -0.25) is 0 Å². The van der Waals surface area contributed by atoms with Crippen LogP contribution in [0.25, 0.3) is 0 Å². The Morgan fingerprint density at radius 1 is 1.33 bits per heavy atom. The molecule has 0 unspecified atom stereocenters. The first-order valence-corrected chi connectivity index (χ1v) is 6.94. The van der Waals surface area contributed by atoms with Gasteiger partial charge in [0.05, 0.1) is 0 Å². The van der Waals surface area contributed by atoms with Crippen molar-refractivity contribution in [3.63, 3.8) is 0 Å². The van der Waals surface area contributed by atoms with Gasteiger partial charge in [-0.25, -0.2) is 0 Å². The van der Waals surface area contributed by atoms with Crippen molar-refractivity contribution in [2.75, 3.05) is 13.1 Å². The largest absolute Gasteiger partial charge is 0.357 e. The molecule has 0 aromatic rings. The van der Waals surface area contributed by atoms with E-state index in [2.05, 4.69) is 18.7 Å². The summed E-state index contributed by atoms with van der Waals surface area (Å²) in [4.78, 5) is 2.31. The Balaban J connectivity index is 2.18. The average Bonchev–Trinajstić information content (AvgIpc) is 2.51. The molecule has 0 amide bonds. The fourth-order valence-corrected chi connectivity index (χ4v) is 3.33. The molecule has 1 saturated heterocycles. The molecular formula is C8H15NS3. The molecule has 1 fully saturated rings. The van der Waals surface area contributed by atoms with Crippen LogP contribution in [-0.4, -0.2) is 27.6 Å². The van der Waals surface area contributed by atoms with Crippen molar-refractivity contribution < 1.29 is 0 Å². The number of rotatable bonds is 2. The van der Waals surface area contributed by atoms with Gasteiger partial charge in [0, 0.05) is 18.3 Å². The molecule has 1 rings (SSSR count). The Labute approximate surface area is 88.1 Å². The first kappa shape index (κ1) is 10.7. The van der Waals surface area contributed by atoms with Crippen LogP contribution in [-0.2, 0) is 0 Å². The SMILES string of the molecule is CC(C)SSC(=S)N1CCCC1.